The van der Waals surface area contributed by atoms with Gasteiger partial charge in [-0.25, -0.2) is 9.78 Å². The molecule has 0 saturated heterocycles. The minimum atomic E-state index is -4.38. The van der Waals surface area contributed by atoms with Gasteiger partial charge in [-0.1, -0.05) is 0 Å². The van der Waals surface area contributed by atoms with Gasteiger partial charge in [0.15, 0.2) is 5.69 Å². The van der Waals surface area contributed by atoms with E-state index >= 15 is 0 Å². The summed E-state index contributed by atoms with van der Waals surface area (Å²) in [5.41, 5.74) is 0.0672. The number of halogens is 3. The number of esters is 1. The van der Waals surface area contributed by atoms with Gasteiger partial charge in [-0.05, 0) is 36.4 Å². The highest BCUT2D eigenvalue weighted by Crippen LogP contribution is 2.30. The Kier molecular flexibility index (Phi) is 4.11. The zero-order chi connectivity index (χ0) is 15.5. The Hall–Kier alpha value is -2.57. The van der Waals surface area contributed by atoms with Crippen molar-refractivity contribution in [2.24, 2.45) is 0 Å². The van der Waals surface area contributed by atoms with Crippen molar-refractivity contribution in [2.45, 2.75) is 6.18 Å². The third-order valence-electron chi connectivity index (χ3n) is 2.68. The molecule has 21 heavy (non-hydrogen) atoms. The quantitative estimate of drug-likeness (QED) is 0.879. The topological polar surface area (TPSA) is 51.2 Å². The molecule has 1 heterocycles. The van der Waals surface area contributed by atoms with Gasteiger partial charge in [0.25, 0.3) is 0 Å². The van der Waals surface area contributed by atoms with Gasteiger partial charge < -0.3 is 10.1 Å². The first-order chi connectivity index (χ1) is 9.91. The van der Waals surface area contributed by atoms with Crippen molar-refractivity contribution in [3.63, 3.8) is 0 Å². The van der Waals surface area contributed by atoms with E-state index in [0.717, 1.165) is 12.1 Å². The highest BCUT2D eigenvalue weighted by Gasteiger charge is 2.29. The molecule has 0 atom stereocenters. The SMILES string of the molecule is COC(=O)c1ncccc1Nc1ccc(C(F)(F)F)cc1. The molecule has 4 nitrogen and oxygen atoms in total. The summed E-state index contributed by atoms with van der Waals surface area (Å²) in [4.78, 5) is 15.4. The minimum absolute atomic E-state index is 0.0555. The second-order valence-electron chi connectivity index (χ2n) is 4.09. The summed E-state index contributed by atoms with van der Waals surface area (Å²) in [7, 11) is 1.22. The molecule has 0 bridgehead atoms. The van der Waals surface area contributed by atoms with Crippen LogP contribution in [0.3, 0.4) is 0 Å². The van der Waals surface area contributed by atoms with Crippen LogP contribution in [0.5, 0.6) is 0 Å². The number of methoxy groups -OCH3 is 1. The van der Waals surface area contributed by atoms with E-state index in [1.807, 2.05) is 0 Å². The summed E-state index contributed by atoms with van der Waals surface area (Å²) in [6.07, 6.45) is -2.96. The lowest BCUT2D eigenvalue weighted by Gasteiger charge is -2.11. The van der Waals surface area contributed by atoms with Crippen molar-refractivity contribution in [3.05, 3.63) is 53.9 Å². The van der Waals surface area contributed by atoms with E-state index < -0.39 is 17.7 Å². The summed E-state index contributed by atoms with van der Waals surface area (Å²) in [5, 5.41) is 2.84. The first-order valence-electron chi connectivity index (χ1n) is 5.89. The van der Waals surface area contributed by atoms with Crippen LogP contribution in [0, 0.1) is 0 Å². The first-order valence-corrected chi connectivity index (χ1v) is 5.89. The molecule has 1 aromatic carbocycles. The van der Waals surface area contributed by atoms with Crippen molar-refractivity contribution in [2.75, 3.05) is 12.4 Å². The molecule has 0 saturated carbocycles. The van der Waals surface area contributed by atoms with Gasteiger partial charge in [0, 0.05) is 11.9 Å². The van der Waals surface area contributed by atoms with Crippen LogP contribution >= 0.6 is 0 Å². The molecular weight excluding hydrogens is 285 g/mol. The molecule has 2 rings (SSSR count). The summed E-state index contributed by atoms with van der Waals surface area (Å²) < 4.78 is 42.0. The molecule has 0 fully saturated rings. The van der Waals surface area contributed by atoms with E-state index in [9.17, 15) is 18.0 Å². The van der Waals surface area contributed by atoms with E-state index in [4.69, 9.17) is 0 Å². The summed E-state index contributed by atoms with van der Waals surface area (Å²) in [6.45, 7) is 0. The summed E-state index contributed by atoms with van der Waals surface area (Å²) >= 11 is 0. The number of pyridine rings is 1. The molecular formula is C14H11F3N2O2. The average molecular weight is 296 g/mol. The highest BCUT2D eigenvalue weighted by atomic mass is 19.4. The van der Waals surface area contributed by atoms with Gasteiger partial charge in [0.2, 0.25) is 0 Å². The van der Waals surface area contributed by atoms with Crippen molar-refractivity contribution in [1.82, 2.24) is 4.98 Å². The van der Waals surface area contributed by atoms with Gasteiger partial charge in [-0.2, -0.15) is 13.2 Å². The standard InChI is InChI=1S/C14H11F3N2O2/c1-21-13(20)12-11(3-2-8-18-12)19-10-6-4-9(5-7-10)14(15,16)17/h2-8,19H,1H3. The Balaban J connectivity index is 2.25. The number of carbonyl (C=O) groups excluding carboxylic acids is 1. The number of anilines is 2. The average Bonchev–Trinajstić information content (AvgIpc) is 2.46. The van der Waals surface area contributed by atoms with Crippen LogP contribution in [-0.4, -0.2) is 18.1 Å². The van der Waals surface area contributed by atoms with Crippen LogP contribution in [-0.2, 0) is 10.9 Å². The number of aromatic nitrogens is 1. The van der Waals surface area contributed by atoms with Crippen molar-refractivity contribution in [1.29, 1.82) is 0 Å². The zero-order valence-corrected chi connectivity index (χ0v) is 10.9. The Morgan fingerprint density at radius 2 is 1.86 bits per heavy atom. The van der Waals surface area contributed by atoms with E-state index in [-0.39, 0.29) is 5.69 Å². The molecule has 1 aromatic heterocycles. The Morgan fingerprint density at radius 1 is 1.19 bits per heavy atom. The van der Waals surface area contributed by atoms with Gasteiger partial charge in [-0.3, -0.25) is 0 Å². The van der Waals surface area contributed by atoms with Crippen LogP contribution < -0.4 is 5.32 Å². The normalized spacial score (nSPS) is 11.0. The third-order valence-corrected chi connectivity index (χ3v) is 2.68. The van der Waals surface area contributed by atoms with Gasteiger partial charge in [0.1, 0.15) is 0 Å². The Bertz CT molecular complexity index is 639. The van der Waals surface area contributed by atoms with Crippen LogP contribution in [0.4, 0.5) is 24.5 Å². The van der Waals surface area contributed by atoms with Crippen LogP contribution in [0.15, 0.2) is 42.6 Å². The monoisotopic (exact) mass is 296 g/mol. The fraction of sp³-hybridized carbons (Fsp3) is 0.143. The largest absolute Gasteiger partial charge is 0.464 e. The lowest BCUT2D eigenvalue weighted by atomic mass is 10.2. The number of ether oxygens (including phenoxy) is 1. The molecule has 1 N–H and O–H groups in total. The summed E-state index contributed by atoms with van der Waals surface area (Å²) in [6, 6.07) is 7.64. The number of rotatable bonds is 3. The van der Waals surface area contributed by atoms with E-state index in [1.165, 1.54) is 25.4 Å². The maximum Gasteiger partial charge on any atom is 0.416 e. The maximum absolute atomic E-state index is 12.5. The molecule has 7 heteroatoms. The van der Waals surface area contributed by atoms with Gasteiger partial charge in [0.05, 0.1) is 18.4 Å². The predicted octanol–water partition coefficient (Wildman–Crippen LogP) is 3.63. The first kappa shape index (κ1) is 14.8. The second-order valence-corrected chi connectivity index (χ2v) is 4.09. The number of alkyl halides is 3. The molecule has 0 aliphatic carbocycles. The molecule has 110 valence electrons. The van der Waals surface area contributed by atoms with Crippen molar-refractivity contribution < 1.29 is 22.7 Å². The smallest absolute Gasteiger partial charge is 0.416 e. The van der Waals surface area contributed by atoms with Gasteiger partial charge in [-0.15, -0.1) is 0 Å². The van der Waals surface area contributed by atoms with E-state index in [1.54, 1.807) is 12.1 Å². The predicted molar refractivity (Wildman–Crippen MR) is 70.3 cm³/mol. The summed E-state index contributed by atoms with van der Waals surface area (Å²) in [5.74, 6) is -0.634. The Morgan fingerprint density at radius 3 is 2.43 bits per heavy atom. The number of benzene rings is 1. The van der Waals surface area contributed by atoms with Crippen LogP contribution in [0.2, 0.25) is 0 Å². The van der Waals surface area contributed by atoms with Crippen molar-refractivity contribution in [3.8, 4) is 0 Å². The minimum Gasteiger partial charge on any atom is -0.464 e. The van der Waals surface area contributed by atoms with Crippen molar-refractivity contribution >= 4 is 17.3 Å². The maximum atomic E-state index is 12.5. The van der Waals surface area contributed by atoms with Crippen LogP contribution in [0.1, 0.15) is 16.1 Å². The number of carbonyl (C=O) groups is 1. The fourth-order valence-corrected chi connectivity index (χ4v) is 1.66. The Labute approximate surface area is 118 Å². The second kappa shape index (κ2) is 5.82. The molecule has 0 amide bonds. The van der Waals surface area contributed by atoms with E-state index in [0.29, 0.717) is 11.4 Å². The number of hydrogen-bond donors (Lipinski definition) is 1. The molecule has 2 aromatic rings. The van der Waals surface area contributed by atoms with Crippen LogP contribution in [0.25, 0.3) is 0 Å². The molecule has 0 unspecified atom stereocenters. The molecule has 0 aliphatic rings. The number of nitrogens with one attached hydrogen (secondary N) is 1. The fourth-order valence-electron chi connectivity index (χ4n) is 1.66. The highest BCUT2D eigenvalue weighted by molar-refractivity contribution is 5.94. The van der Waals surface area contributed by atoms with E-state index in [2.05, 4.69) is 15.0 Å². The molecule has 0 spiro atoms. The third kappa shape index (κ3) is 3.50. The zero-order valence-electron chi connectivity index (χ0n) is 10.9. The lowest BCUT2D eigenvalue weighted by Crippen LogP contribution is -2.08. The molecule has 0 radical (unpaired) electrons. The molecule has 0 aliphatic heterocycles. The number of nitrogens with zero attached hydrogens (tertiary/aromatic N) is 1. The van der Waals surface area contributed by atoms with Gasteiger partial charge >= 0.3 is 12.1 Å². The number of hydrogen-bond acceptors (Lipinski definition) is 4. The lowest BCUT2D eigenvalue weighted by molar-refractivity contribution is -0.137.